The zero-order chi connectivity index (χ0) is 24.3. The molecule has 1 N–H and O–H groups in total. The zero-order valence-corrected chi connectivity index (χ0v) is 19.9. The second kappa shape index (κ2) is 9.70. The third-order valence-corrected chi connectivity index (χ3v) is 6.36. The number of anilines is 1. The second-order valence-electron chi connectivity index (χ2n) is 9.45. The van der Waals surface area contributed by atoms with Gasteiger partial charge in [-0.05, 0) is 69.2 Å². The molecule has 1 amide bonds. The molecule has 0 atom stereocenters. The second-order valence-corrected chi connectivity index (χ2v) is 9.45. The molecule has 0 aromatic heterocycles. The SMILES string of the molecule is CC1(C)OB(c2cc(C(=O)Nc3ccc(COCc4ccccc4)cc3)ccc2F)OC1(C)C. The smallest absolute Gasteiger partial charge is 0.399 e. The molecular formula is C27H29BFNO4. The fourth-order valence-corrected chi connectivity index (χ4v) is 3.58. The summed E-state index contributed by atoms with van der Waals surface area (Å²) >= 11 is 0. The van der Waals surface area contributed by atoms with E-state index in [2.05, 4.69) is 5.32 Å². The third kappa shape index (κ3) is 5.38. The summed E-state index contributed by atoms with van der Waals surface area (Å²) in [5.74, 6) is -0.819. The lowest BCUT2D eigenvalue weighted by atomic mass is 9.78. The van der Waals surface area contributed by atoms with Crippen molar-refractivity contribution in [2.75, 3.05) is 5.32 Å². The summed E-state index contributed by atoms with van der Waals surface area (Å²) in [6.45, 7) is 8.61. The van der Waals surface area contributed by atoms with Crippen LogP contribution in [0.25, 0.3) is 0 Å². The third-order valence-electron chi connectivity index (χ3n) is 6.36. The number of amides is 1. The van der Waals surface area contributed by atoms with Crippen LogP contribution in [0.15, 0.2) is 72.8 Å². The fourth-order valence-electron chi connectivity index (χ4n) is 3.58. The summed E-state index contributed by atoms with van der Waals surface area (Å²) < 4.78 is 32.2. The number of nitrogens with one attached hydrogen (secondary N) is 1. The number of carbonyl (C=O) groups excluding carboxylic acids is 1. The fraction of sp³-hybridized carbons (Fsp3) is 0.296. The average Bonchev–Trinajstić information content (AvgIpc) is 3.02. The first-order chi connectivity index (χ1) is 16.1. The van der Waals surface area contributed by atoms with Crippen molar-refractivity contribution in [3.05, 3.63) is 95.3 Å². The minimum absolute atomic E-state index is 0.206. The van der Waals surface area contributed by atoms with Crippen LogP contribution < -0.4 is 10.8 Å². The van der Waals surface area contributed by atoms with Gasteiger partial charge in [-0.1, -0.05) is 42.5 Å². The number of ether oxygens (including phenoxy) is 1. The largest absolute Gasteiger partial charge is 0.497 e. The Morgan fingerprint density at radius 2 is 1.47 bits per heavy atom. The predicted molar refractivity (Wildman–Crippen MR) is 131 cm³/mol. The Labute approximate surface area is 200 Å². The van der Waals surface area contributed by atoms with Crippen LogP contribution in [0.1, 0.15) is 49.2 Å². The summed E-state index contributed by atoms with van der Waals surface area (Å²) in [7, 11) is -0.882. The molecule has 176 valence electrons. The highest BCUT2D eigenvalue weighted by Crippen LogP contribution is 2.36. The van der Waals surface area contributed by atoms with Crippen molar-refractivity contribution >= 4 is 24.2 Å². The van der Waals surface area contributed by atoms with Gasteiger partial charge < -0.3 is 19.4 Å². The molecule has 0 bridgehead atoms. The van der Waals surface area contributed by atoms with E-state index >= 15 is 0 Å². The Morgan fingerprint density at radius 1 is 0.882 bits per heavy atom. The van der Waals surface area contributed by atoms with Crippen LogP contribution in [0.4, 0.5) is 10.1 Å². The van der Waals surface area contributed by atoms with Gasteiger partial charge in [-0.3, -0.25) is 4.79 Å². The van der Waals surface area contributed by atoms with Crippen LogP contribution in [0.3, 0.4) is 0 Å². The molecule has 0 radical (unpaired) electrons. The number of rotatable bonds is 7. The Bertz CT molecular complexity index is 1130. The number of hydrogen-bond donors (Lipinski definition) is 1. The Morgan fingerprint density at radius 3 is 2.09 bits per heavy atom. The van der Waals surface area contributed by atoms with E-state index in [1.807, 2.05) is 82.3 Å². The lowest BCUT2D eigenvalue weighted by Crippen LogP contribution is -2.41. The van der Waals surface area contributed by atoms with Gasteiger partial charge in [0, 0.05) is 16.7 Å². The Kier molecular flexibility index (Phi) is 6.89. The molecule has 34 heavy (non-hydrogen) atoms. The van der Waals surface area contributed by atoms with Gasteiger partial charge >= 0.3 is 7.12 Å². The molecule has 1 saturated heterocycles. The van der Waals surface area contributed by atoms with Crippen LogP contribution in [-0.2, 0) is 27.3 Å². The van der Waals surface area contributed by atoms with E-state index in [1.165, 1.54) is 18.2 Å². The summed E-state index contributed by atoms with van der Waals surface area (Å²) in [6.07, 6.45) is 0. The molecule has 7 heteroatoms. The highest BCUT2D eigenvalue weighted by molar-refractivity contribution is 6.62. The van der Waals surface area contributed by atoms with Gasteiger partial charge in [0.15, 0.2) is 0 Å². The van der Waals surface area contributed by atoms with Crippen LogP contribution in [0.5, 0.6) is 0 Å². The molecule has 1 aliphatic heterocycles. The van der Waals surface area contributed by atoms with E-state index in [9.17, 15) is 9.18 Å². The Balaban J connectivity index is 1.38. The van der Waals surface area contributed by atoms with Crippen molar-refractivity contribution in [2.24, 2.45) is 0 Å². The number of hydrogen-bond acceptors (Lipinski definition) is 4. The van der Waals surface area contributed by atoms with Crippen molar-refractivity contribution in [1.29, 1.82) is 0 Å². The van der Waals surface area contributed by atoms with Gasteiger partial charge in [-0.25, -0.2) is 4.39 Å². The van der Waals surface area contributed by atoms with Crippen molar-refractivity contribution in [3.8, 4) is 0 Å². The van der Waals surface area contributed by atoms with Crippen LogP contribution >= 0.6 is 0 Å². The molecule has 1 heterocycles. The lowest BCUT2D eigenvalue weighted by Gasteiger charge is -2.32. The van der Waals surface area contributed by atoms with Gasteiger partial charge in [0.25, 0.3) is 5.91 Å². The average molecular weight is 461 g/mol. The lowest BCUT2D eigenvalue weighted by molar-refractivity contribution is 0.00578. The van der Waals surface area contributed by atoms with E-state index in [0.29, 0.717) is 24.5 Å². The summed E-state index contributed by atoms with van der Waals surface area (Å²) in [5.41, 5.74) is 2.07. The number of benzene rings is 3. The van der Waals surface area contributed by atoms with E-state index in [-0.39, 0.29) is 11.4 Å². The molecule has 5 nitrogen and oxygen atoms in total. The maximum Gasteiger partial charge on any atom is 0.497 e. The van der Waals surface area contributed by atoms with E-state index < -0.39 is 24.1 Å². The van der Waals surface area contributed by atoms with Crippen LogP contribution in [-0.4, -0.2) is 24.2 Å². The molecule has 1 aliphatic rings. The first kappa shape index (κ1) is 24.1. The maximum absolute atomic E-state index is 14.6. The van der Waals surface area contributed by atoms with Crippen molar-refractivity contribution in [2.45, 2.75) is 52.1 Å². The molecule has 1 fully saturated rings. The zero-order valence-electron chi connectivity index (χ0n) is 19.9. The number of halogens is 1. The summed E-state index contributed by atoms with van der Waals surface area (Å²) in [4.78, 5) is 12.8. The van der Waals surface area contributed by atoms with Crippen molar-refractivity contribution in [3.63, 3.8) is 0 Å². The summed E-state index contributed by atoms with van der Waals surface area (Å²) in [6, 6.07) is 21.6. The normalized spacial score (nSPS) is 16.4. The molecular weight excluding hydrogens is 432 g/mol. The molecule has 0 saturated carbocycles. The molecule has 4 rings (SSSR count). The van der Waals surface area contributed by atoms with Gasteiger partial charge in [0.2, 0.25) is 0 Å². The molecule has 3 aromatic carbocycles. The van der Waals surface area contributed by atoms with Crippen molar-refractivity contribution in [1.82, 2.24) is 0 Å². The predicted octanol–water partition coefficient (Wildman–Crippen LogP) is 5.09. The topological polar surface area (TPSA) is 56.8 Å². The highest BCUT2D eigenvalue weighted by Gasteiger charge is 2.52. The van der Waals surface area contributed by atoms with Gasteiger partial charge in [-0.2, -0.15) is 0 Å². The maximum atomic E-state index is 14.6. The van der Waals surface area contributed by atoms with E-state index in [1.54, 1.807) is 0 Å². The molecule has 3 aromatic rings. The highest BCUT2D eigenvalue weighted by atomic mass is 19.1. The minimum atomic E-state index is -0.882. The molecule has 0 unspecified atom stereocenters. The minimum Gasteiger partial charge on any atom is -0.399 e. The van der Waals surface area contributed by atoms with E-state index in [4.69, 9.17) is 14.0 Å². The van der Waals surface area contributed by atoms with Crippen LogP contribution in [0.2, 0.25) is 0 Å². The molecule has 0 aliphatic carbocycles. The van der Waals surface area contributed by atoms with Gasteiger partial charge in [0.1, 0.15) is 5.82 Å². The molecule has 0 spiro atoms. The van der Waals surface area contributed by atoms with Crippen LogP contribution in [0, 0.1) is 5.82 Å². The number of carbonyl (C=O) groups is 1. The van der Waals surface area contributed by atoms with E-state index in [0.717, 1.165) is 11.1 Å². The summed E-state index contributed by atoms with van der Waals surface area (Å²) in [5, 5.41) is 2.85. The van der Waals surface area contributed by atoms with Gasteiger partial charge in [0.05, 0.1) is 24.4 Å². The quantitative estimate of drug-likeness (QED) is 0.498. The first-order valence-corrected chi connectivity index (χ1v) is 11.3. The van der Waals surface area contributed by atoms with Gasteiger partial charge in [-0.15, -0.1) is 0 Å². The first-order valence-electron chi connectivity index (χ1n) is 11.3. The van der Waals surface area contributed by atoms with Crippen molar-refractivity contribution < 1.29 is 23.2 Å². The standard InChI is InChI=1S/C27H29BFNO4/c1-26(2)27(3,4)34-28(33-26)23-16-21(12-15-24(23)29)25(31)30-22-13-10-20(11-14-22)18-32-17-19-8-6-5-7-9-19/h5-16H,17-18H2,1-4H3,(H,30,31). The monoisotopic (exact) mass is 461 g/mol. The Hall–Kier alpha value is -3.00.